The first kappa shape index (κ1) is 11.5. The van der Waals surface area contributed by atoms with Crippen LogP contribution < -0.4 is 0 Å². The molecule has 0 spiro atoms. The van der Waals surface area contributed by atoms with E-state index < -0.39 is 29.7 Å². The number of aliphatic hydroxyl groups excluding tert-OH is 2. The van der Waals surface area contributed by atoms with E-state index in [-0.39, 0.29) is 5.57 Å². The Bertz CT molecular complexity index is 262. The highest BCUT2D eigenvalue weighted by atomic mass is 35.5. The maximum absolute atomic E-state index is 11.3. The van der Waals surface area contributed by atoms with E-state index in [1.807, 2.05) is 0 Å². The Labute approximate surface area is 87.1 Å². The molecule has 4 nitrogen and oxygen atoms in total. The molecule has 0 amide bonds. The van der Waals surface area contributed by atoms with Crippen molar-refractivity contribution in [2.45, 2.75) is 37.5 Å². The summed E-state index contributed by atoms with van der Waals surface area (Å²) in [4.78, 5) is 11.3. The number of cyclic esters (lactones) is 1. The molecular weight excluding hydrogens is 208 g/mol. The summed E-state index contributed by atoms with van der Waals surface area (Å²) in [6, 6.07) is 0. The summed E-state index contributed by atoms with van der Waals surface area (Å²) in [5, 5.41) is 17.7. The molecule has 0 radical (unpaired) electrons. The van der Waals surface area contributed by atoms with Crippen LogP contribution in [-0.2, 0) is 9.53 Å². The van der Waals surface area contributed by atoms with E-state index in [9.17, 15) is 15.0 Å². The maximum Gasteiger partial charge on any atom is 0.335 e. The van der Waals surface area contributed by atoms with Gasteiger partial charge in [-0.1, -0.05) is 0 Å². The molecule has 0 unspecified atom stereocenters. The lowest BCUT2D eigenvalue weighted by molar-refractivity contribution is -0.150. The summed E-state index contributed by atoms with van der Waals surface area (Å²) in [5.74, 6) is -0.580. The monoisotopic (exact) mass is 220 g/mol. The second kappa shape index (κ2) is 4.29. The van der Waals surface area contributed by atoms with E-state index in [4.69, 9.17) is 16.3 Å². The maximum atomic E-state index is 11.3. The summed E-state index contributed by atoms with van der Waals surface area (Å²) >= 11 is 5.77. The van der Waals surface area contributed by atoms with Crippen molar-refractivity contribution in [2.24, 2.45) is 0 Å². The minimum absolute atomic E-state index is 0.118. The van der Waals surface area contributed by atoms with Crippen molar-refractivity contribution in [2.75, 3.05) is 0 Å². The predicted molar refractivity (Wildman–Crippen MR) is 51.0 cm³/mol. The third-order valence-corrected chi connectivity index (χ3v) is 2.68. The summed E-state index contributed by atoms with van der Waals surface area (Å²) in [7, 11) is 0. The van der Waals surface area contributed by atoms with E-state index in [0.717, 1.165) is 0 Å². The van der Waals surface area contributed by atoms with Crippen LogP contribution in [0.5, 0.6) is 0 Å². The number of carbonyl (C=O) groups is 1. The van der Waals surface area contributed by atoms with Gasteiger partial charge >= 0.3 is 5.97 Å². The highest BCUT2D eigenvalue weighted by Crippen LogP contribution is 2.22. The van der Waals surface area contributed by atoms with Gasteiger partial charge in [0.15, 0.2) is 0 Å². The van der Waals surface area contributed by atoms with Gasteiger partial charge in [-0.15, -0.1) is 11.6 Å². The number of hydrogen-bond donors (Lipinski definition) is 2. The highest BCUT2D eigenvalue weighted by molar-refractivity contribution is 6.25. The average molecular weight is 221 g/mol. The lowest BCUT2D eigenvalue weighted by Crippen LogP contribution is -2.37. The first-order valence-corrected chi connectivity index (χ1v) is 4.80. The number of alkyl halides is 1. The van der Waals surface area contributed by atoms with Gasteiger partial charge in [-0.2, -0.15) is 0 Å². The molecule has 80 valence electrons. The molecule has 14 heavy (non-hydrogen) atoms. The molecule has 1 rings (SSSR count). The Morgan fingerprint density at radius 1 is 1.64 bits per heavy atom. The number of rotatable bonds is 2. The summed E-state index contributed by atoms with van der Waals surface area (Å²) < 4.78 is 4.83. The molecule has 5 heteroatoms. The van der Waals surface area contributed by atoms with Crippen LogP contribution in [0, 0.1) is 0 Å². The molecule has 0 aromatic carbocycles. The van der Waals surface area contributed by atoms with Gasteiger partial charge in [0, 0.05) is 0 Å². The number of hydrogen-bond acceptors (Lipinski definition) is 4. The number of ether oxygens (including phenoxy) is 1. The van der Waals surface area contributed by atoms with Crippen molar-refractivity contribution in [1.29, 1.82) is 0 Å². The Kier molecular flexibility index (Phi) is 3.53. The smallest absolute Gasteiger partial charge is 0.335 e. The molecule has 2 N–H and O–H groups in total. The molecule has 1 aliphatic heterocycles. The fraction of sp³-hybridized carbons (Fsp3) is 0.667. The molecule has 0 aromatic rings. The highest BCUT2D eigenvalue weighted by Gasteiger charge is 2.32. The number of carbonyl (C=O) groups excluding carboxylic acids is 1. The molecular formula is C9H13ClO4. The van der Waals surface area contributed by atoms with Crippen molar-refractivity contribution in [1.82, 2.24) is 0 Å². The van der Waals surface area contributed by atoms with Crippen LogP contribution in [0.3, 0.4) is 0 Å². The molecule has 1 heterocycles. The van der Waals surface area contributed by atoms with E-state index in [1.165, 1.54) is 13.0 Å². The van der Waals surface area contributed by atoms with Crippen molar-refractivity contribution in [3.05, 3.63) is 11.6 Å². The summed E-state index contributed by atoms with van der Waals surface area (Å²) in [6.45, 7) is 3.05. The van der Waals surface area contributed by atoms with Crippen LogP contribution in [0.15, 0.2) is 11.6 Å². The molecule has 0 aromatic heterocycles. The third kappa shape index (κ3) is 2.26. The van der Waals surface area contributed by atoms with Crippen LogP contribution >= 0.6 is 11.6 Å². The zero-order chi connectivity index (χ0) is 10.9. The molecule has 4 atom stereocenters. The quantitative estimate of drug-likeness (QED) is 0.516. The fourth-order valence-electron chi connectivity index (χ4n) is 1.16. The van der Waals surface area contributed by atoms with Crippen LogP contribution in [0.2, 0.25) is 0 Å². The zero-order valence-corrected chi connectivity index (χ0v) is 8.73. The van der Waals surface area contributed by atoms with Crippen LogP contribution in [0.1, 0.15) is 13.8 Å². The molecule has 0 bridgehead atoms. The second-order valence-electron chi connectivity index (χ2n) is 3.37. The summed E-state index contributed by atoms with van der Waals surface area (Å²) in [6.07, 6.45) is -0.955. The third-order valence-electron chi connectivity index (χ3n) is 2.08. The molecule has 0 aliphatic carbocycles. The van der Waals surface area contributed by atoms with Gasteiger partial charge in [0.25, 0.3) is 0 Å². The fourth-order valence-corrected chi connectivity index (χ4v) is 1.32. The van der Waals surface area contributed by atoms with Gasteiger partial charge in [-0.3, -0.25) is 0 Å². The minimum atomic E-state index is -0.865. The lowest BCUT2D eigenvalue weighted by Gasteiger charge is -2.26. The van der Waals surface area contributed by atoms with E-state index in [0.29, 0.717) is 0 Å². The van der Waals surface area contributed by atoms with E-state index in [1.54, 1.807) is 6.92 Å². The van der Waals surface area contributed by atoms with Gasteiger partial charge in [0.1, 0.15) is 12.2 Å². The zero-order valence-electron chi connectivity index (χ0n) is 7.98. The number of halogens is 1. The topological polar surface area (TPSA) is 66.8 Å². The van der Waals surface area contributed by atoms with Gasteiger partial charge in [-0.25, -0.2) is 4.79 Å². The largest absolute Gasteiger partial charge is 0.456 e. The van der Waals surface area contributed by atoms with Crippen molar-refractivity contribution in [3.8, 4) is 0 Å². The van der Waals surface area contributed by atoms with Gasteiger partial charge in [0.2, 0.25) is 0 Å². The van der Waals surface area contributed by atoms with Gasteiger partial charge < -0.3 is 14.9 Å². The van der Waals surface area contributed by atoms with Crippen molar-refractivity contribution in [3.63, 3.8) is 0 Å². The van der Waals surface area contributed by atoms with E-state index in [2.05, 4.69) is 0 Å². The summed E-state index contributed by atoms with van der Waals surface area (Å²) in [5.41, 5.74) is 0.118. The van der Waals surface area contributed by atoms with Crippen molar-refractivity contribution < 1.29 is 19.7 Å². The van der Waals surface area contributed by atoms with Gasteiger partial charge in [0.05, 0.1) is 17.1 Å². The standard InChI is InChI=1S/C9H13ClO4/c1-4(11)8(10)6-3-7(12)5(2)14-9(6)13/h3-5,7-8,11-12H,1-2H3/t4-,5+,7-,8-/m0/s1. The SMILES string of the molecule is C[C@H](O)[C@H](Cl)C1=C[C@H](O)[C@@H](C)OC1=O. The van der Waals surface area contributed by atoms with Crippen LogP contribution in [0.4, 0.5) is 0 Å². The Hall–Kier alpha value is -0.580. The number of aliphatic hydroxyl groups is 2. The predicted octanol–water partition coefficient (Wildman–Crippen LogP) is 0.207. The molecule has 0 saturated carbocycles. The number of esters is 1. The second-order valence-corrected chi connectivity index (χ2v) is 3.84. The normalized spacial score (nSPS) is 31.8. The van der Waals surface area contributed by atoms with Gasteiger partial charge in [-0.05, 0) is 19.9 Å². The Balaban J connectivity index is 2.87. The van der Waals surface area contributed by atoms with Crippen LogP contribution in [0.25, 0.3) is 0 Å². The average Bonchev–Trinajstić information content (AvgIpc) is 2.10. The lowest BCUT2D eigenvalue weighted by atomic mass is 10.0. The molecule has 0 fully saturated rings. The van der Waals surface area contributed by atoms with E-state index >= 15 is 0 Å². The first-order valence-electron chi connectivity index (χ1n) is 4.36. The Morgan fingerprint density at radius 2 is 2.21 bits per heavy atom. The minimum Gasteiger partial charge on any atom is -0.456 e. The Morgan fingerprint density at radius 3 is 2.71 bits per heavy atom. The molecule has 0 saturated heterocycles. The van der Waals surface area contributed by atoms with Crippen molar-refractivity contribution >= 4 is 17.6 Å². The van der Waals surface area contributed by atoms with Crippen LogP contribution in [-0.4, -0.2) is 39.9 Å². The first-order chi connectivity index (χ1) is 6.43. The molecule has 1 aliphatic rings.